The third-order valence-electron chi connectivity index (χ3n) is 5.47. The molecule has 0 radical (unpaired) electrons. The Bertz CT molecular complexity index is 1210. The van der Waals surface area contributed by atoms with Crippen LogP contribution in [0.25, 0.3) is 6.08 Å². The Labute approximate surface area is 187 Å². The van der Waals surface area contributed by atoms with E-state index in [1.807, 2.05) is 18.5 Å². The van der Waals surface area contributed by atoms with E-state index in [1.165, 1.54) is 17.2 Å². The second kappa shape index (κ2) is 8.70. The minimum Gasteiger partial charge on any atom is -0.479 e. The first-order valence-corrected chi connectivity index (χ1v) is 10.5. The summed E-state index contributed by atoms with van der Waals surface area (Å²) in [5.41, 5.74) is 6.29. The zero-order valence-electron chi connectivity index (χ0n) is 18.6. The number of nitrogens with one attached hydrogen (secondary N) is 2. The fourth-order valence-electron chi connectivity index (χ4n) is 3.60. The topological polar surface area (TPSA) is 85.3 Å². The van der Waals surface area contributed by atoms with Crippen molar-refractivity contribution in [2.75, 3.05) is 10.6 Å². The van der Waals surface area contributed by atoms with Crippen LogP contribution >= 0.6 is 0 Å². The van der Waals surface area contributed by atoms with Crippen molar-refractivity contribution in [2.24, 2.45) is 0 Å². The number of aryl methyl sites for hydroxylation is 2. The molecule has 1 aliphatic rings. The smallest absolute Gasteiger partial charge is 0.265 e. The molecular weight excluding hydrogens is 404 g/mol. The van der Waals surface area contributed by atoms with Gasteiger partial charge in [-0.2, -0.15) is 5.10 Å². The van der Waals surface area contributed by atoms with E-state index in [-0.39, 0.29) is 11.8 Å². The highest BCUT2D eigenvalue weighted by Crippen LogP contribution is 2.32. The molecule has 7 heteroatoms. The van der Waals surface area contributed by atoms with Crippen molar-refractivity contribution in [3.63, 3.8) is 0 Å². The molecule has 2 aromatic carbocycles. The van der Waals surface area contributed by atoms with Crippen LogP contribution < -0.4 is 15.4 Å². The SMILES string of the molecule is Cc1ccc(Cn2nc(C)c(C=CC(=O)Nc3ccc4c(c3)NC(=O)C(C)O4)c2C)cc1. The van der Waals surface area contributed by atoms with Gasteiger partial charge in [0.05, 0.1) is 17.9 Å². The maximum atomic E-state index is 12.5. The van der Waals surface area contributed by atoms with Crippen LogP contribution in [0.3, 0.4) is 0 Å². The molecule has 164 valence electrons. The quantitative estimate of drug-likeness (QED) is 0.594. The molecule has 0 aliphatic carbocycles. The normalized spacial score (nSPS) is 15.2. The summed E-state index contributed by atoms with van der Waals surface area (Å²) in [6, 6.07) is 13.5. The molecule has 4 rings (SSSR count). The standard InChI is InChI=1S/C25H26N4O3/c1-15-5-7-19(8-6-15)14-29-17(3)21(16(2)28-29)10-12-24(30)26-20-9-11-23-22(13-20)27-25(31)18(4)32-23/h5-13,18H,14H2,1-4H3,(H,26,30)(H,27,31). The van der Waals surface area contributed by atoms with Crippen LogP contribution in [0.15, 0.2) is 48.5 Å². The van der Waals surface area contributed by atoms with Gasteiger partial charge in [0.25, 0.3) is 5.91 Å². The molecule has 2 heterocycles. The summed E-state index contributed by atoms with van der Waals surface area (Å²) in [4.78, 5) is 24.3. The van der Waals surface area contributed by atoms with Gasteiger partial charge in [-0.25, -0.2) is 0 Å². The second-order valence-electron chi connectivity index (χ2n) is 8.01. The summed E-state index contributed by atoms with van der Waals surface area (Å²) in [5.74, 6) is 0.0961. The number of fused-ring (bicyclic) bond motifs is 1. The average Bonchev–Trinajstić information content (AvgIpc) is 3.01. The predicted molar refractivity (Wildman–Crippen MR) is 125 cm³/mol. The molecule has 0 saturated carbocycles. The van der Waals surface area contributed by atoms with Gasteiger partial charge in [0.15, 0.2) is 6.10 Å². The van der Waals surface area contributed by atoms with Crippen molar-refractivity contribution in [1.82, 2.24) is 9.78 Å². The fraction of sp³-hybridized carbons (Fsp3) is 0.240. The van der Waals surface area contributed by atoms with Crippen molar-refractivity contribution in [1.29, 1.82) is 0 Å². The van der Waals surface area contributed by atoms with Crippen LogP contribution in [0, 0.1) is 20.8 Å². The number of carbonyl (C=O) groups is 2. The van der Waals surface area contributed by atoms with E-state index in [4.69, 9.17) is 4.74 Å². The number of amides is 2. The summed E-state index contributed by atoms with van der Waals surface area (Å²) in [5, 5.41) is 10.2. The molecule has 0 spiro atoms. The molecule has 1 aliphatic heterocycles. The molecule has 2 N–H and O–H groups in total. The van der Waals surface area contributed by atoms with Gasteiger partial charge in [0, 0.05) is 23.0 Å². The Morgan fingerprint density at radius 1 is 1.19 bits per heavy atom. The van der Waals surface area contributed by atoms with Crippen molar-refractivity contribution < 1.29 is 14.3 Å². The molecule has 0 bridgehead atoms. The molecular formula is C25H26N4O3. The van der Waals surface area contributed by atoms with Gasteiger partial charge < -0.3 is 15.4 Å². The lowest BCUT2D eigenvalue weighted by Gasteiger charge is -2.23. The number of rotatable bonds is 5. The van der Waals surface area contributed by atoms with Crippen molar-refractivity contribution in [3.8, 4) is 5.75 Å². The van der Waals surface area contributed by atoms with Gasteiger partial charge in [0.2, 0.25) is 5.91 Å². The Hall–Kier alpha value is -3.87. The van der Waals surface area contributed by atoms with Crippen LogP contribution in [-0.4, -0.2) is 27.7 Å². The average molecular weight is 431 g/mol. The summed E-state index contributed by atoms with van der Waals surface area (Å²) in [7, 11) is 0. The van der Waals surface area contributed by atoms with Gasteiger partial charge in [-0.05, 0) is 57.5 Å². The minimum absolute atomic E-state index is 0.213. The molecule has 0 fully saturated rings. The van der Waals surface area contributed by atoms with E-state index >= 15 is 0 Å². The molecule has 32 heavy (non-hydrogen) atoms. The number of hydrogen-bond donors (Lipinski definition) is 2. The molecule has 1 atom stereocenters. The number of nitrogens with zero attached hydrogens (tertiary/aromatic N) is 2. The van der Waals surface area contributed by atoms with Crippen LogP contribution in [0.4, 0.5) is 11.4 Å². The molecule has 3 aromatic rings. The third kappa shape index (κ3) is 4.56. The molecule has 2 amide bonds. The lowest BCUT2D eigenvalue weighted by atomic mass is 10.1. The zero-order valence-corrected chi connectivity index (χ0v) is 18.6. The number of carbonyl (C=O) groups excluding carboxylic acids is 2. The number of benzene rings is 2. The summed E-state index contributed by atoms with van der Waals surface area (Å²) < 4.78 is 7.49. The van der Waals surface area contributed by atoms with Crippen LogP contribution in [-0.2, 0) is 16.1 Å². The summed E-state index contributed by atoms with van der Waals surface area (Å²) in [6.45, 7) is 8.36. The predicted octanol–water partition coefficient (Wildman–Crippen LogP) is 4.23. The Kier molecular flexibility index (Phi) is 5.81. The highest BCUT2D eigenvalue weighted by molar-refractivity contribution is 6.03. The zero-order chi connectivity index (χ0) is 22.8. The fourth-order valence-corrected chi connectivity index (χ4v) is 3.60. The van der Waals surface area contributed by atoms with E-state index < -0.39 is 6.10 Å². The molecule has 7 nitrogen and oxygen atoms in total. The van der Waals surface area contributed by atoms with Crippen LogP contribution in [0.1, 0.15) is 35.0 Å². The molecule has 1 aromatic heterocycles. The van der Waals surface area contributed by atoms with E-state index in [9.17, 15) is 9.59 Å². The maximum Gasteiger partial charge on any atom is 0.265 e. The molecule has 1 unspecified atom stereocenters. The Morgan fingerprint density at radius 2 is 1.94 bits per heavy atom. The monoisotopic (exact) mass is 430 g/mol. The molecule has 0 saturated heterocycles. The number of hydrogen-bond acceptors (Lipinski definition) is 4. The van der Waals surface area contributed by atoms with E-state index in [0.717, 1.165) is 17.0 Å². The first kappa shape index (κ1) is 21.4. The Balaban J connectivity index is 1.45. The van der Waals surface area contributed by atoms with Crippen molar-refractivity contribution in [2.45, 2.75) is 40.3 Å². The highest BCUT2D eigenvalue weighted by atomic mass is 16.5. The van der Waals surface area contributed by atoms with E-state index in [0.29, 0.717) is 23.7 Å². The first-order valence-electron chi connectivity index (χ1n) is 10.5. The van der Waals surface area contributed by atoms with Crippen molar-refractivity contribution >= 4 is 29.3 Å². The first-order chi connectivity index (χ1) is 15.3. The maximum absolute atomic E-state index is 12.5. The number of aromatic nitrogens is 2. The number of anilines is 2. The summed E-state index contributed by atoms with van der Waals surface area (Å²) >= 11 is 0. The van der Waals surface area contributed by atoms with Gasteiger partial charge in [0.1, 0.15) is 5.75 Å². The second-order valence-corrected chi connectivity index (χ2v) is 8.01. The van der Waals surface area contributed by atoms with Gasteiger partial charge in [-0.3, -0.25) is 14.3 Å². The van der Waals surface area contributed by atoms with Gasteiger partial charge in [-0.15, -0.1) is 0 Å². The van der Waals surface area contributed by atoms with Gasteiger partial charge in [-0.1, -0.05) is 29.8 Å². The van der Waals surface area contributed by atoms with Gasteiger partial charge >= 0.3 is 0 Å². The largest absolute Gasteiger partial charge is 0.479 e. The van der Waals surface area contributed by atoms with E-state index in [1.54, 1.807) is 31.2 Å². The summed E-state index contributed by atoms with van der Waals surface area (Å²) in [6.07, 6.45) is 2.73. The van der Waals surface area contributed by atoms with Crippen LogP contribution in [0.5, 0.6) is 5.75 Å². The third-order valence-corrected chi connectivity index (χ3v) is 5.47. The van der Waals surface area contributed by atoms with Crippen LogP contribution in [0.2, 0.25) is 0 Å². The Morgan fingerprint density at radius 3 is 2.69 bits per heavy atom. The van der Waals surface area contributed by atoms with Crippen molar-refractivity contribution in [3.05, 3.63) is 76.6 Å². The highest BCUT2D eigenvalue weighted by Gasteiger charge is 2.23. The minimum atomic E-state index is -0.538. The lowest BCUT2D eigenvalue weighted by Crippen LogP contribution is -2.34. The number of ether oxygens (including phenoxy) is 1. The van der Waals surface area contributed by atoms with E-state index in [2.05, 4.69) is 46.9 Å². The lowest BCUT2D eigenvalue weighted by molar-refractivity contribution is -0.122.